The number of ether oxygens (including phenoxy) is 3. The second-order valence-electron chi connectivity index (χ2n) is 9.71. The van der Waals surface area contributed by atoms with Crippen molar-refractivity contribution >= 4 is 24.8 Å². The predicted molar refractivity (Wildman–Crippen MR) is 136 cm³/mol. The quantitative estimate of drug-likeness (QED) is 0.0814. The Hall–Kier alpha value is -1.90. The number of nitrogens with zero attached hydrogens (tertiary/aromatic N) is 4. The molecule has 2 aliphatic heterocycles. The molecule has 19 heteroatoms. The monoisotopic (exact) mass is 609 g/mol. The zero-order valence-electron chi connectivity index (χ0n) is 21.9. The topological polar surface area (TPSA) is 274 Å². The number of aromatic nitrogens is 4. The Kier molecular flexibility index (Phi) is 11.0. The van der Waals surface area contributed by atoms with Gasteiger partial charge in [-0.2, -0.15) is 0 Å². The van der Waals surface area contributed by atoms with Crippen LogP contribution in [-0.2, 0) is 27.8 Å². The van der Waals surface area contributed by atoms with Gasteiger partial charge in [0.2, 0.25) is 0 Å². The lowest BCUT2D eigenvalue weighted by molar-refractivity contribution is -0.301. The smallest absolute Gasteiger partial charge is 0.394 e. The number of fused-ring (bicyclic) bond motifs is 1. The molecule has 4 heterocycles. The average molecular weight is 610 g/mol. The first-order valence-electron chi connectivity index (χ1n) is 13.0. The van der Waals surface area contributed by atoms with E-state index in [1.54, 1.807) is 0 Å². The summed E-state index contributed by atoms with van der Waals surface area (Å²) < 4.78 is 39.9. The van der Waals surface area contributed by atoms with E-state index in [4.69, 9.17) is 29.0 Å². The first kappa shape index (κ1) is 32.0. The van der Waals surface area contributed by atoms with Crippen molar-refractivity contribution in [2.24, 2.45) is 0 Å². The van der Waals surface area contributed by atoms with Gasteiger partial charge in [-0.05, 0) is 12.8 Å². The van der Waals surface area contributed by atoms with E-state index < -0.39 is 76.3 Å². The molecule has 0 radical (unpaired) electrons. The molecular formula is C22H36N5O13P. The number of phosphoric ester groups is 1. The number of aliphatic hydroxyl groups excluding tert-OH is 6. The Balaban J connectivity index is 1.12. The van der Waals surface area contributed by atoms with Gasteiger partial charge in [-0.1, -0.05) is 12.8 Å². The number of nitrogen functional groups attached to an aromatic ring is 1. The third-order valence-electron chi connectivity index (χ3n) is 6.82. The maximum absolute atomic E-state index is 12.3. The van der Waals surface area contributed by atoms with Crippen LogP contribution in [0, 0.1) is 0 Å². The van der Waals surface area contributed by atoms with E-state index in [-0.39, 0.29) is 30.2 Å². The maximum Gasteiger partial charge on any atom is 0.472 e. The third-order valence-corrected chi connectivity index (χ3v) is 7.81. The highest BCUT2D eigenvalue weighted by molar-refractivity contribution is 7.47. The first-order valence-corrected chi connectivity index (χ1v) is 14.5. The fourth-order valence-electron chi connectivity index (χ4n) is 4.50. The van der Waals surface area contributed by atoms with Crippen LogP contribution >= 0.6 is 7.82 Å². The molecule has 0 aliphatic carbocycles. The van der Waals surface area contributed by atoms with Gasteiger partial charge in [0.15, 0.2) is 24.0 Å². The van der Waals surface area contributed by atoms with Crippen molar-refractivity contribution in [2.75, 3.05) is 32.2 Å². The fraction of sp³-hybridized carbons (Fsp3) is 0.773. The predicted octanol–water partition coefficient (Wildman–Crippen LogP) is -2.46. The SMILES string of the molecule is Nc1ncnc2c1ncn2[C@@H]1O[C@H](COP(=O)(O)OCCCCCCO[C@@H]2O[C@H](CO)[C@H](O)[C@H](O)[C@H]2O)[C@@H](O)[C@@H]1O. The number of rotatable bonds is 14. The van der Waals surface area contributed by atoms with Gasteiger partial charge < -0.3 is 55.5 Å². The van der Waals surface area contributed by atoms with E-state index in [9.17, 15) is 40.1 Å². The Morgan fingerprint density at radius 2 is 1.59 bits per heavy atom. The number of nitrogens with two attached hydrogens (primary N) is 1. The van der Waals surface area contributed by atoms with Crippen LogP contribution in [0.5, 0.6) is 0 Å². The number of phosphoric acid groups is 1. The Morgan fingerprint density at radius 1 is 0.878 bits per heavy atom. The average Bonchev–Trinajstić information content (AvgIpc) is 3.50. The van der Waals surface area contributed by atoms with Gasteiger partial charge in [0.05, 0.1) is 26.1 Å². The second-order valence-corrected chi connectivity index (χ2v) is 11.2. The van der Waals surface area contributed by atoms with Crippen molar-refractivity contribution in [3.63, 3.8) is 0 Å². The van der Waals surface area contributed by atoms with Gasteiger partial charge in [0.1, 0.15) is 54.6 Å². The highest BCUT2D eigenvalue weighted by Gasteiger charge is 2.46. The summed E-state index contributed by atoms with van der Waals surface area (Å²) in [6.45, 7) is -1.02. The zero-order chi connectivity index (χ0) is 29.7. The minimum atomic E-state index is -4.49. The number of imidazole rings is 1. The molecule has 10 atom stereocenters. The van der Waals surface area contributed by atoms with E-state index in [0.29, 0.717) is 25.7 Å². The second kappa shape index (κ2) is 14.0. The molecule has 0 bridgehead atoms. The lowest BCUT2D eigenvalue weighted by atomic mass is 9.99. The lowest BCUT2D eigenvalue weighted by Gasteiger charge is -2.39. The van der Waals surface area contributed by atoms with Crippen molar-refractivity contribution in [1.29, 1.82) is 0 Å². The molecule has 0 amide bonds. The van der Waals surface area contributed by atoms with Gasteiger partial charge in [-0.15, -0.1) is 0 Å². The van der Waals surface area contributed by atoms with Crippen LogP contribution in [0.3, 0.4) is 0 Å². The highest BCUT2D eigenvalue weighted by atomic mass is 31.2. The summed E-state index contributed by atoms with van der Waals surface area (Å²) in [5.74, 6) is 0.126. The Labute approximate surface area is 233 Å². The summed E-state index contributed by atoms with van der Waals surface area (Å²) in [6.07, 6.45) is -7.09. The van der Waals surface area contributed by atoms with Crippen LogP contribution < -0.4 is 5.73 Å². The Morgan fingerprint density at radius 3 is 2.32 bits per heavy atom. The van der Waals surface area contributed by atoms with E-state index in [2.05, 4.69) is 15.0 Å². The molecule has 4 rings (SSSR count). The zero-order valence-corrected chi connectivity index (χ0v) is 22.8. The van der Waals surface area contributed by atoms with Crippen molar-refractivity contribution in [3.8, 4) is 0 Å². The van der Waals surface area contributed by atoms with Crippen LogP contribution in [-0.4, -0.2) is 130 Å². The van der Waals surface area contributed by atoms with Gasteiger partial charge in [0, 0.05) is 6.61 Å². The van der Waals surface area contributed by atoms with E-state index >= 15 is 0 Å². The number of hydrogen-bond acceptors (Lipinski definition) is 16. The molecule has 0 aromatic carbocycles. The van der Waals surface area contributed by atoms with Crippen molar-refractivity contribution in [3.05, 3.63) is 12.7 Å². The highest BCUT2D eigenvalue weighted by Crippen LogP contribution is 2.44. The standard InChI is InChI=1S/C22H36N5O13P/c23-19-13-20(25-9-24-19)27(10-26-13)21-17(32)15(30)12(39-21)8-38-41(34,35)37-6-4-2-1-3-5-36-22-18(33)16(31)14(29)11(7-28)40-22/h9-12,14-18,21-22,28-33H,1-8H2,(H,34,35)(H2,23,24,25)/t11-,12-,14+,15-,16+,17+,18-,21-,22-/m1/s1. The molecule has 0 spiro atoms. The van der Waals surface area contributed by atoms with Gasteiger partial charge in [0.25, 0.3) is 0 Å². The molecule has 2 fully saturated rings. The van der Waals surface area contributed by atoms with Gasteiger partial charge in [-0.25, -0.2) is 19.5 Å². The largest absolute Gasteiger partial charge is 0.472 e. The van der Waals surface area contributed by atoms with E-state index in [1.165, 1.54) is 17.2 Å². The molecule has 9 N–H and O–H groups in total. The summed E-state index contributed by atoms with van der Waals surface area (Å²) >= 11 is 0. The Bertz CT molecular complexity index is 1170. The number of anilines is 1. The van der Waals surface area contributed by atoms with Gasteiger partial charge in [-0.3, -0.25) is 13.6 Å². The minimum absolute atomic E-state index is 0.0944. The molecule has 41 heavy (non-hydrogen) atoms. The van der Waals surface area contributed by atoms with Crippen LogP contribution in [0.1, 0.15) is 31.9 Å². The van der Waals surface area contributed by atoms with Crippen molar-refractivity contribution < 1.29 is 63.4 Å². The first-order chi connectivity index (χ1) is 19.5. The van der Waals surface area contributed by atoms with E-state index in [1.807, 2.05) is 0 Å². The summed E-state index contributed by atoms with van der Waals surface area (Å²) in [6, 6.07) is 0. The summed E-state index contributed by atoms with van der Waals surface area (Å²) in [5, 5.41) is 59.6. The summed E-state index contributed by atoms with van der Waals surface area (Å²) in [4.78, 5) is 22.0. The molecule has 2 aliphatic rings. The van der Waals surface area contributed by atoms with Crippen molar-refractivity contribution in [2.45, 2.75) is 80.9 Å². The van der Waals surface area contributed by atoms with Crippen LogP contribution in [0.25, 0.3) is 11.2 Å². The summed E-state index contributed by atoms with van der Waals surface area (Å²) in [7, 11) is -4.49. The molecule has 18 nitrogen and oxygen atoms in total. The lowest BCUT2D eigenvalue weighted by Crippen LogP contribution is -2.59. The molecular weight excluding hydrogens is 573 g/mol. The maximum atomic E-state index is 12.3. The molecule has 232 valence electrons. The molecule has 1 unspecified atom stereocenters. The molecule has 2 aromatic heterocycles. The normalized spacial score (nSPS) is 33.8. The third kappa shape index (κ3) is 7.55. The molecule has 0 saturated carbocycles. The summed E-state index contributed by atoms with van der Waals surface area (Å²) in [5.41, 5.74) is 6.32. The van der Waals surface area contributed by atoms with E-state index in [0.717, 1.165) is 0 Å². The van der Waals surface area contributed by atoms with Crippen molar-refractivity contribution in [1.82, 2.24) is 19.5 Å². The van der Waals surface area contributed by atoms with Crippen LogP contribution in [0.4, 0.5) is 5.82 Å². The molecule has 2 aromatic rings. The number of unbranched alkanes of at least 4 members (excludes halogenated alkanes) is 3. The number of aliphatic hydroxyl groups is 6. The minimum Gasteiger partial charge on any atom is -0.394 e. The number of hydrogen-bond donors (Lipinski definition) is 8. The fourth-order valence-corrected chi connectivity index (χ4v) is 5.27. The van der Waals surface area contributed by atoms with Crippen LogP contribution in [0.2, 0.25) is 0 Å². The van der Waals surface area contributed by atoms with Crippen LogP contribution in [0.15, 0.2) is 12.7 Å². The molecule has 2 saturated heterocycles. The van der Waals surface area contributed by atoms with Gasteiger partial charge >= 0.3 is 7.82 Å².